The molecule has 0 bridgehead atoms. The van der Waals surface area contributed by atoms with Gasteiger partial charge in [0.15, 0.2) is 0 Å². The summed E-state index contributed by atoms with van der Waals surface area (Å²) in [6.45, 7) is 0.460. The zero-order chi connectivity index (χ0) is 16.9. The Hall–Kier alpha value is -2.79. The molecule has 2 aromatic heterocycles. The third-order valence-corrected chi connectivity index (χ3v) is 3.84. The topological polar surface area (TPSA) is 58.6 Å². The fourth-order valence-electron chi connectivity index (χ4n) is 2.50. The summed E-state index contributed by atoms with van der Waals surface area (Å²) in [6.07, 6.45) is 6.36. The molecular formula is C19H20N2O3. The first-order chi connectivity index (χ1) is 11.6. The SMILES string of the molecule is CN(C)[C@@H](CNC(=O)/C=C/c1ccoc1)c1cc2ccccc2o1. The predicted molar refractivity (Wildman–Crippen MR) is 93.4 cm³/mol. The van der Waals surface area contributed by atoms with Crippen molar-refractivity contribution in [3.05, 3.63) is 66.3 Å². The number of furan rings is 2. The molecule has 0 fully saturated rings. The third-order valence-electron chi connectivity index (χ3n) is 3.84. The van der Waals surface area contributed by atoms with Crippen LogP contribution in [0.2, 0.25) is 0 Å². The van der Waals surface area contributed by atoms with Crippen LogP contribution in [0.1, 0.15) is 17.4 Å². The van der Waals surface area contributed by atoms with E-state index >= 15 is 0 Å². The van der Waals surface area contributed by atoms with Crippen LogP contribution in [0.3, 0.4) is 0 Å². The molecule has 0 aliphatic carbocycles. The number of rotatable bonds is 6. The van der Waals surface area contributed by atoms with Crippen molar-refractivity contribution < 1.29 is 13.6 Å². The van der Waals surface area contributed by atoms with Gasteiger partial charge in [-0.1, -0.05) is 18.2 Å². The van der Waals surface area contributed by atoms with E-state index in [1.165, 1.54) is 6.08 Å². The summed E-state index contributed by atoms with van der Waals surface area (Å²) in [5.41, 5.74) is 1.71. The molecule has 1 atom stereocenters. The zero-order valence-electron chi connectivity index (χ0n) is 13.7. The van der Waals surface area contributed by atoms with Gasteiger partial charge in [-0.25, -0.2) is 0 Å². The largest absolute Gasteiger partial charge is 0.472 e. The van der Waals surface area contributed by atoms with Crippen molar-refractivity contribution in [2.75, 3.05) is 20.6 Å². The lowest BCUT2D eigenvalue weighted by Crippen LogP contribution is -2.33. The summed E-state index contributed by atoms with van der Waals surface area (Å²) in [7, 11) is 3.93. The van der Waals surface area contributed by atoms with Crippen molar-refractivity contribution in [3.63, 3.8) is 0 Å². The van der Waals surface area contributed by atoms with E-state index in [-0.39, 0.29) is 11.9 Å². The van der Waals surface area contributed by atoms with Gasteiger partial charge in [0.25, 0.3) is 0 Å². The molecule has 3 rings (SSSR count). The Morgan fingerprint density at radius 1 is 1.29 bits per heavy atom. The number of likely N-dealkylation sites (N-methyl/N-ethyl adjacent to an activating group) is 1. The van der Waals surface area contributed by atoms with Gasteiger partial charge in [-0.05, 0) is 38.4 Å². The van der Waals surface area contributed by atoms with E-state index < -0.39 is 0 Å². The maximum absolute atomic E-state index is 12.0. The number of carbonyl (C=O) groups is 1. The summed E-state index contributed by atoms with van der Waals surface area (Å²) in [6, 6.07) is 11.7. The van der Waals surface area contributed by atoms with Gasteiger partial charge in [0, 0.05) is 23.6 Å². The quantitative estimate of drug-likeness (QED) is 0.706. The van der Waals surface area contributed by atoms with E-state index in [4.69, 9.17) is 8.83 Å². The van der Waals surface area contributed by atoms with Crippen LogP contribution in [0, 0.1) is 0 Å². The van der Waals surface area contributed by atoms with Crippen LogP contribution in [0.25, 0.3) is 17.0 Å². The van der Waals surface area contributed by atoms with Gasteiger partial charge in [0.1, 0.15) is 11.3 Å². The van der Waals surface area contributed by atoms with Crippen molar-refractivity contribution in [2.45, 2.75) is 6.04 Å². The molecule has 0 unspecified atom stereocenters. The van der Waals surface area contributed by atoms with Crippen LogP contribution in [0.5, 0.6) is 0 Å². The van der Waals surface area contributed by atoms with Crippen molar-refractivity contribution in [1.29, 1.82) is 0 Å². The van der Waals surface area contributed by atoms with Gasteiger partial charge in [0.2, 0.25) is 5.91 Å². The normalized spacial score (nSPS) is 13.0. The number of fused-ring (bicyclic) bond motifs is 1. The van der Waals surface area contributed by atoms with Gasteiger partial charge in [-0.3, -0.25) is 9.69 Å². The number of para-hydroxylation sites is 1. The second kappa shape index (κ2) is 7.19. The summed E-state index contributed by atoms with van der Waals surface area (Å²) < 4.78 is 10.9. The molecule has 5 nitrogen and oxygen atoms in total. The number of carbonyl (C=O) groups excluding carboxylic acids is 1. The number of benzene rings is 1. The molecule has 124 valence electrons. The molecule has 1 N–H and O–H groups in total. The smallest absolute Gasteiger partial charge is 0.244 e. The standard InChI is InChI=1S/C19H20N2O3/c1-21(2)16(18-11-15-5-3-4-6-17(15)24-18)12-20-19(22)8-7-14-9-10-23-13-14/h3-11,13,16H,12H2,1-2H3,(H,20,22)/b8-7+/t16-/m0/s1. The monoisotopic (exact) mass is 324 g/mol. The molecule has 2 heterocycles. The van der Waals surface area contributed by atoms with Crippen molar-refractivity contribution in [2.24, 2.45) is 0 Å². The van der Waals surface area contributed by atoms with Gasteiger partial charge in [-0.15, -0.1) is 0 Å². The Balaban J connectivity index is 1.67. The molecule has 1 amide bonds. The molecule has 3 aromatic rings. The van der Waals surface area contributed by atoms with Crippen LogP contribution in [0.15, 0.2) is 63.8 Å². The summed E-state index contributed by atoms with van der Waals surface area (Å²) in [5, 5.41) is 3.97. The van der Waals surface area contributed by atoms with E-state index in [1.54, 1.807) is 24.7 Å². The number of nitrogens with zero attached hydrogens (tertiary/aromatic N) is 1. The van der Waals surface area contributed by atoms with Crippen molar-refractivity contribution in [1.82, 2.24) is 10.2 Å². The van der Waals surface area contributed by atoms with Crippen LogP contribution in [-0.2, 0) is 4.79 Å². The highest BCUT2D eigenvalue weighted by molar-refractivity contribution is 5.91. The molecule has 1 aromatic carbocycles. The predicted octanol–water partition coefficient (Wildman–Crippen LogP) is 3.46. The lowest BCUT2D eigenvalue weighted by molar-refractivity contribution is -0.116. The Bertz CT molecular complexity index is 798. The fourth-order valence-corrected chi connectivity index (χ4v) is 2.50. The van der Waals surface area contributed by atoms with Gasteiger partial charge in [0.05, 0.1) is 18.6 Å². The highest BCUT2D eigenvalue weighted by atomic mass is 16.3. The molecule has 5 heteroatoms. The molecular weight excluding hydrogens is 304 g/mol. The van der Waals surface area contributed by atoms with E-state index in [1.807, 2.05) is 49.3 Å². The lowest BCUT2D eigenvalue weighted by atomic mass is 10.2. The Kier molecular flexibility index (Phi) is 4.82. The summed E-state index contributed by atoms with van der Waals surface area (Å²) in [5.74, 6) is 0.680. The summed E-state index contributed by atoms with van der Waals surface area (Å²) >= 11 is 0. The Labute approximate surface area is 140 Å². The average Bonchev–Trinajstić information content (AvgIpc) is 3.22. The third kappa shape index (κ3) is 3.75. The van der Waals surface area contributed by atoms with Crippen LogP contribution >= 0.6 is 0 Å². The zero-order valence-corrected chi connectivity index (χ0v) is 13.7. The molecule has 0 saturated heterocycles. The minimum absolute atomic E-state index is 0.0383. The first kappa shape index (κ1) is 16.1. The van der Waals surface area contributed by atoms with E-state index in [2.05, 4.69) is 5.32 Å². The maximum atomic E-state index is 12.0. The van der Waals surface area contributed by atoms with Crippen LogP contribution < -0.4 is 5.32 Å². The number of hydrogen-bond acceptors (Lipinski definition) is 4. The average molecular weight is 324 g/mol. The molecule has 0 radical (unpaired) electrons. The number of nitrogens with one attached hydrogen (secondary N) is 1. The molecule has 0 aliphatic heterocycles. The van der Waals surface area contributed by atoms with Gasteiger partial charge in [-0.2, -0.15) is 0 Å². The maximum Gasteiger partial charge on any atom is 0.244 e. The molecule has 0 saturated carbocycles. The van der Waals surface area contributed by atoms with Crippen molar-refractivity contribution in [3.8, 4) is 0 Å². The highest BCUT2D eigenvalue weighted by Gasteiger charge is 2.19. The minimum Gasteiger partial charge on any atom is -0.472 e. The van der Waals surface area contributed by atoms with Crippen molar-refractivity contribution >= 4 is 23.0 Å². The first-order valence-corrected chi connectivity index (χ1v) is 7.76. The van der Waals surface area contributed by atoms with E-state index in [9.17, 15) is 4.79 Å². The minimum atomic E-state index is -0.154. The second-order valence-electron chi connectivity index (χ2n) is 5.80. The molecule has 0 spiro atoms. The van der Waals surface area contributed by atoms with E-state index in [0.29, 0.717) is 6.54 Å². The number of amides is 1. The number of hydrogen-bond donors (Lipinski definition) is 1. The molecule has 24 heavy (non-hydrogen) atoms. The van der Waals surface area contributed by atoms with E-state index in [0.717, 1.165) is 22.3 Å². The molecule has 0 aliphatic rings. The van der Waals surface area contributed by atoms with Gasteiger partial charge >= 0.3 is 0 Å². The highest BCUT2D eigenvalue weighted by Crippen LogP contribution is 2.25. The first-order valence-electron chi connectivity index (χ1n) is 7.76. The van der Waals surface area contributed by atoms with Crippen LogP contribution in [0.4, 0.5) is 0 Å². The Morgan fingerprint density at radius 3 is 2.83 bits per heavy atom. The lowest BCUT2D eigenvalue weighted by Gasteiger charge is -2.22. The van der Waals surface area contributed by atoms with Crippen LogP contribution in [-0.4, -0.2) is 31.4 Å². The van der Waals surface area contributed by atoms with Gasteiger partial charge < -0.3 is 14.2 Å². The fraction of sp³-hybridized carbons (Fsp3) is 0.211. The Morgan fingerprint density at radius 2 is 2.12 bits per heavy atom. The second-order valence-corrected chi connectivity index (χ2v) is 5.80. The summed E-state index contributed by atoms with van der Waals surface area (Å²) in [4.78, 5) is 14.0.